The molecule has 6 heterocycles. The van der Waals surface area contributed by atoms with Gasteiger partial charge in [-0.05, 0) is 150 Å². The van der Waals surface area contributed by atoms with Crippen LogP contribution in [0, 0.1) is 34.1 Å². The van der Waals surface area contributed by atoms with Gasteiger partial charge in [0.05, 0.1) is 11.4 Å². The van der Waals surface area contributed by atoms with E-state index >= 15 is 8.78 Å². The van der Waals surface area contributed by atoms with E-state index in [0.29, 0.717) is 98.5 Å². The average molecular weight is 1270 g/mol. The summed E-state index contributed by atoms with van der Waals surface area (Å²) in [6.07, 6.45) is 7.94. The third-order valence-corrected chi connectivity index (χ3v) is 17.8. The van der Waals surface area contributed by atoms with Crippen molar-refractivity contribution >= 4 is 70.1 Å². The third-order valence-electron chi connectivity index (χ3n) is 17.8. The summed E-state index contributed by atoms with van der Waals surface area (Å²) >= 11 is 0. The molecule has 6 N–H and O–H groups in total. The fourth-order valence-corrected chi connectivity index (χ4v) is 11.7. The number of urea groups is 2. The Balaban J connectivity index is 0.000000188. The SMILES string of the molecule is CN1CCN(C2CCN(C(=O)Nc3cc(Oc4ccc(NC(=O)C5(C(=O)Nc6ccc(F)cc6)CC5)c(F)c4)ccn3)CC2)CC1.CN1CCN(C2CCN(C(=O)Nc3cc(Oc4ccc(NC(=O)C5(C(=O)Nc6ccc(F)cc6)CC5)c(F)c4)ccn3)CC2)CC1. The number of aromatic nitrogens is 2. The van der Waals surface area contributed by atoms with E-state index in [2.05, 4.69) is 75.6 Å². The van der Waals surface area contributed by atoms with Gasteiger partial charge in [-0.1, -0.05) is 0 Å². The number of rotatable bonds is 16. The molecule has 26 heteroatoms. The normalized spacial score (nSPS) is 18.5. The van der Waals surface area contributed by atoms with Crippen LogP contribution in [0.15, 0.2) is 122 Å². The lowest BCUT2D eigenvalue weighted by Gasteiger charge is -2.42. The number of nitrogens with one attached hydrogen (secondary N) is 6. The fourth-order valence-electron chi connectivity index (χ4n) is 11.7. The van der Waals surface area contributed by atoms with E-state index in [1.807, 2.05) is 0 Å². The van der Waals surface area contributed by atoms with E-state index in [4.69, 9.17) is 9.47 Å². The number of hydrogen-bond acceptors (Lipinski definition) is 14. The molecule has 2 aliphatic carbocycles. The van der Waals surface area contributed by atoms with E-state index in [0.717, 1.165) is 90.2 Å². The largest absolute Gasteiger partial charge is 0.457 e. The monoisotopic (exact) mass is 1270 g/mol. The van der Waals surface area contributed by atoms with Gasteiger partial charge >= 0.3 is 12.1 Å². The molecule has 4 aliphatic heterocycles. The van der Waals surface area contributed by atoms with Gasteiger partial charge in [-0.25, -0.2) is 37.1 Å². The number of nitrogens with zero attached hydrogens (tertiary/aromatic N) is 8. The van der Waals surface area contributed by atoms with Gasteiger partial charge in [0.15, 0.2) is 0 Å². The number of carbonyl (C=O) groups is 6. The quantitative estimate of drug-likeness (QED) is 0.0391. The molecular weight excluding hydrogens is 1190 g/mol. The summed E-state index contributed by atoms with van der Waals surface area (Å²) in [5.41, 5.74) is -2.13. The molecule has 484 valence electrons. The van der Waals surface area contributed by atoms with Crippen molar-refractivity contribution in [3.05, 3.63) is 145 Å². The second-order valence-electron chi connectivity index (χ2n) is 24.2. The number of pyridine rings is 2. The van der Waals surface area contributed by atoms with Gasteiger partial charge in [-0.2, -0.15) is 0 Å². The number of hydrogen-bond donors (Lipinski definition) is 6. The van der Waals surface area contributed by atoms with Gasteiger partial charge in [0, 0.05) is 139 Å². The molecule has 22 nitrogen and oxygen atoms in total. The van der Waals surface area contributed by atoms with Crippen LogP contribution in [0.3, 0.4) is 0 Å². The molecule has 2 saturated carbocycles. The first-order chi connectivity index (χ1) is 44.4. The zero-order valence-corrected chi connectivity index (χ0v) is 51.2. The number of ether oxygens (including phenoxy) is 2. The molecule has 6 aliphatic rings. The molecule has 0 unspecified atom stereocenters. The van der Waals surface area contributed by atoms with E-state index in [9.17, 15) is 37.5 Å². The topological polar surface area (TPSA) is 238 Å². The van der Waals surface area contributed by atoms with Crippen molar-refractivity contribution < 1.29 is 55.8 Å². The van der Waals surface area contributed by atoms with E-state index in [1.165, 1.54) is 85.2 Å². The molecule has 8 amide bonds. The Kier molecular flexibility index (Phi) is 19.9. The van der Waals surface area contributed by atoms with Gasteiger partial charge in [-0.15, -0.1) is 0 Å². The molecule has 4 saturated heterocycles. The first-order valence-electron chi connectivity index (χ1n) is 31.0. The molecule has 2 aromatic heterocycles. The fraction of sp³-hybridized carbons (Fsp3) is 0.394. The van der Waals surface area contributed by atoms with Gasteiger partial charge < -0.3 is 50.3 Å². The zero-order valence-electron chi connectivity index (χ0n) is 51.2. The maximum Gasteiger partial charge on any atom is 0.323 e. The molecule has 12 rings (SSSR count). The van der Waals surface area contributed by atoms with Crippen LogP contribution in [0.5, 0.6) is 23.0 Å². The first-order valence-corrected chi connectivity index (χ1v) is 31.0. The highest BCUT2D eigenvalue weighted by Gasteiger charge is 2.57. The maximum atomic E-state index is 15.0. The Bertz CT molecular complexity index is 3410. The predicted octanol–water partition coefficient (Wildman–Crippen LogP) is 9.51. The lowest BCUT2D eigenvalue weighted by atomic mass is 10.0. The van der Waals surface area contributed by atoms with Crippen molar-refractivity contribution in [1.82, 2.24) is 39.4 Å². The van der Waals surface area contributed by atoms with Crippen LogP contribution >= 0.6 is 0 Å². The van der Waals surface area contributed by atoms with Gasteiger partial charge in [-0.3, -0.25) is 39.6 Å². The molecule has 0 spiro atoms. The lowest BCUT2D eigenvalue weighted by Crippen LogP contribution is -2.53. The van der Waals surface area contributed by atoms with Crippen molar-refractivity contribution in [1.29, 1.82) is 0 Å². The van der Waals surface area contributed by atoms with Crippen LogP contribution in [0.25, 0.3) is 0 Å². The maximum absolute atomic E-state index is 15.0. The number of likely N-dealkylation sites (N-methyl/N-ethyl adjacent to an activating group) is 2. The first kappa shape index (κ1) is 64.3. The minimum atomic E-state index is -1.33. The number of piperidine rings is 2. The Morgan fingerprint density at radius 3 is 1.09 bits per heavy atom. The van der Waals surface area contributed by atoms with Gasteiger partial charge in [0.2, 0.25) is 23.6 Å². The van der Waals surface area contributed by atoms with Crippen LogP contribution in [-0.4, -0.2) is 180 Å². The van der Waals surface area contributed by atoms with Crippen LogP contribution < -0.4 is 41.4 Å². The molecule has 0 radical (unpaired) electrons. The second kappa shape index (κ2) is 28.5. The van der Waals surface area contributed by atoms with Crippen LogP contribution in [0.4, 0.5) is 61.5 Å². The number of piperazine rings is 2. The molecular formula is C66H74F4N14O8. The van der Waals surface area contributed by atoms with Crippen LogP contribution in [0.2, 0.25) is 0 Å². The summed E-state index contributed by atoms with van der Waals surface area (Å²) in [5.74, 6) is -3.09. The predicted molar refractivity (Wildman–Crippen MR) is 337 cm³/mol. The molecule has 0 atom stereocenters. The number of benzene rings is 4. The molecule has 0 bridgehead atoms. The van der Waals surface area contributed by atoms with Crippen molar-refractivity contribution in [2.45, 2.75) is 63.5 Å². The Hall–Kier alpha value is -9.24. The number of anilines is 6. The summed E-state index contributed by atoms with van der Waals surface area (Å²) in [5, 5.41) is 15.9. The summed E-state index contributed by atoms with van der Waals surface area (Å²) in [6.45, 7) is 11.2. The summed E-state index contributed by atoms with van der Waals surface area (Å²) in [4.78, 5) is 99.2. The van der Waals surface area contributed by atoms with E-state index < -0.39 is 57.7 Å². The molecule has 4 aromatic carbocycles. The van der Waals surface area contributed by atoms with Crippen molar-refractivity contribution in [2.75, 3.05) is 125 Å². The molecule has 6 fully saturated rings. The standard InChI is InChI=1S/2C33H37F2N7O4/c2*1-40-16-18-41(19-17-40)24-9-14-42(15-10-24)32(45)39-29-21-26(8-13-36-29)46-25-6-7-28(27(35)20-25)38-31(44)33(11-12-33)30(43)37-23-4-2-22(34)3-5-23/h2*2-8,13,20-21,24H,9-12,14-19H2,1H3,(H,37,43)(H,38,44)(H,36,39,45). The number of amides is 8. The summed E-state index contributed by atoms with van der Waals surface area (Å²) in [6, 6.07) is 25.2. The second-order valence-corrected chi connectivity index (χ2v) is 24.2. The van der Waals surface area contributed by atoms with E-state index in [1.54, 1.807) is 34.1 Å². The lowest BCUT2D eigenvalue weighted by molar-refractivity contribution is -0.132. The van der Waals surface area contributed by atoms with Crippen molar-refractivity contribution in [2.24, 2.45) is 10.8 Å². The third kappa shape index (κ3) is 16.1. The number of halogens is 4. The Labute approximate surface area is 530 Å². The van der Waals surface area contributed by atoms with Crippen LogP contribution in [-0.2, 0) is 19.2 Å². The number of likely N-dealkylation sites (tertiary alicyclic amines) is 2. The minimum Gasteiger partial charge on any atom is -0.457 e. The van der Waals surface area contributed by atoms with E-state index in [-0.39, 0.29) is 34.9 Å². The van der Waals surface area contributed by atoms with Gasteiger partial charge in [0.1, 0.15) is 68.7 Å². The average Bonchev–Trinajstić information content (AvgIpc) is 1.63. The zero-order chi connectivity index (χ0) is 64.5. The van der Waals surface area contributed by atoms with Crippen molar-refractivity contribution in [3.8, 4) is 23.0 Å². The van der Waals surface area contributed by atoms with Crippen molar-refractivity contribution in [3.63, 3.8) is 0 Å². The molecule has 6 aromatic rings. The van der Waals surface area contributed by atoms with Gasteiger partial charge in [0.25, 0.3) is 0 Å². The summed E-state index contributed by atoms with van der Waals surface area (Å²) < 4.78 is 68.0. The highest BCUT2D eigenvalue weighted by molar-refractivity contribution is 6.18. The molecule has 92 heavy (non-hydrogen) atoms. The highest BCUT2D eigenvalue weighted by Crippen LogP contribution is 2.49. The van der Waals surface area contributed by atoms with Crippen LogP contribution in [0.1, 0.15) is 51.4 Å². The number of carbonyl (C=O) groups excluding carboxylic acids is 6. The minimum absolute atomic E-state index is 0.0997. The smallest absolute Gasteiger partial charge is 0.323 e. The Morgan fingerprint density at radius 1 is 0.413 bits per heavy atom. The Morgan fingerprint density at radius 2 is 0.750 bits per heavy atom. The summed E-state index contributed by atoms with van der Waals surface area (Å²) in [7, 11) is 4.28. The highest BCUT2D eigenvalue weighted by atomic mass is 19.1.